The Morgan fingerprint density at radius 3 is 2.78 bits per heavy atom. The van der Waals surface area contributed by atoms with E-state index in [9.17, 15) is 4.79 Å². The molecule has 2 atom stereocenters. The number of hydrogen-bond donors (Lipinski definition) is 2. The highest BCUT2D eigenvalue weighted by molar-refractivity contribution is 5.88. The van der Waals surface area contributed by atoms with E-state index >= 15 is 0 Å². The van der Waals surface area contributed by atoms with Gasteiger partial charge in [-0.15, -0.1) is 0 Å². The molecule has 2 fully saturated rings. The molecule has 3 heterocycles. The van der Waals surface area contributed by atoms with Gasteiger partial charge in [-0.3, -0.25) is 10.3 Å². The molecule has 0 aromatic carbocycles. The van der Waals surface area contributed by atoms with Crippen molar-refractivity contribution in [2.45, 2.75) is 63.0 Å². The van der Waals surface area contributed by atoms with Crippen LogP contribution in [0.2, 0.25) is 0 Å². The number of carbonyl (C=O) groups is 1. The second kappa shape index (κ2) is 7.68. The van der Waals surface area contributed by atoms with Crippen LogP contribution in [0.3, 0.4) is 0 Å². The SMILES string of the molecule is CC1(c2cc(NC(=O)N[C@H]3CCCO[C@@H]3c3ccncc3)no2)CCCC1. The topological polar surface area (TPSA) is 89.3 Å². The molecular weight excluding hydrogens is 344 g/mol. The van der Waals surface area contributed by atoms with Crippen LogP contribution < -0.4 is 10.6 Å². The van der Waals surface area contributed by atoms with Crippen LogP contribution in [0.1, 0.15) is 62.9 Å². The molecule has 1 saturated carbocycles. The summed E-state index contributed by atoms with van der Waals surface area (Å²) in [7, 11) is 0. The lowest BCUT2D eigenvalue weighted by atomic mass is 9.86. The Morgan fingerprint density at radius 2 is 2.00 bits per heavy atom. The van der Waals surface area contributed by atoms with E-state index in [1.165, 1.54) is 12.8 Å². The van der Waals surface area contributed by atoms with Crippen molar-refractivity contribution in [2.75, 3.05) is 11.9 Å². The third kappa shape index (κ3) is 3.98. The van der Waals surface area contributed by atoms with E-state index in [2.05, 4.69) is 27.7 Å². The maximum Gasteiger partial charge on any atom is 0.320 e. The number of carbonyl (C=O) groups excluding carboxylic acids is 1. The molecule has 2 aliphatic rings. The lowest BCUT2D eigenvalue weighted by molar-refractivity contribution is -0.00701. The van der Waals surface area contributed by atoms with E-state index in [0.29, 0.717) is 12.4 Å². The maximum atomic E-state index is 12.5. The van der Waals surface area contributed by atoms with Crippen molar-refractivity contribution >= 4 is 11.8 Å². The van der Waals surface area contributed by atoms with Gasteiger partial charge in [-0.25, -0.2) is 4.79 Å². The molecule has 7 heteroatoms. The van der Waals surface area contributed by atoms with Crippen LogP contribution in [0.15, 0.2) is 35.1 Å². The van der Waals surface area contributed by atoms with Gasteiger partial charge in [0.1, 0.15) is 11.9 Å². The Morgan fingerprint density at radius 1 is 1.22 bits per heavy atom. The Kier molecular flexibility index (Phi) is 5.11. The monoisotopic (exact) mass is 370 g/mol. The Labute approximate surface area is 158 Å². The molecule has 2 aromatic heterocycles. The number of urea groups is 1. The second-order valence-electron chi connectivity index (χ2n) is 7.76. The zero-order valence-corrected chi connectivity index (χ0v) is 15.6. The van der Waals surface area contributed by atoms with Crippen LogP contribution in [0.4, 0.5) is 10.6 Å². The molecule has 0 bridgehead atoms. The first-order valence-electron chi connectivity index (χ1n) is 9.70. The highest BCUT2D eigenvalue weighted by Crippen LogP contribution is 2.41. The Hall–Kier alpha value is -2.41. The van der Waals surface area contributed by atoms with E-state index in [4.69, 9.17) is 9.26 Å². The quantitative estimate of drug-likeness (QED) is 0.851. The van der Waals surface area contributed by atoms with Crippen molar-refractivity contribution in [3.05, 3.63) is 41.9 Å². The number of pyridine rings is 1. The van der Waals surface area contributed by atoms with Crippen LogP contribution >= 0.6 is 0 Å². The summed E-state index contributed by atoms with van der Waals surface area (Å²) in [4.78, 5) is 16.5. The highest BCUT2D eigenvalue weighted by atomic mass is 16.5. The molecule has 1 aliphatic carbocycles. The van der Waals surface area contributed by atoms with Gasteiger partial charge in [0.15, 0.2) is 5.82 Å². The van der Waals surface area contributed by atoms with Crippen molar-refractivity contribution < 1.29 is 14.1 Å². The average Bonchev–Trinajstić information content (AvgIpc) is 3.33. The molecule has 7 nitrogen and oxygen atoms in total. The molecular formula is C20H26N4O3. The zero-order chi connectivity index (χ0) is 18.7. The number of anilines is 1. The molecule has 27 heavy (non-hydrogen) atoms. The normalized spacial score (nSPS) is 24.5. The fourth-order valence-electron chi connectivity index (χ4n) is 4.15. The molecule has 2 amide bonds. The van der Waals surface area contributed by atoms with Crippen LogP contribution in [0.5, 0.6) is 0 Å². The number of aromatic nitrogens is 2. The van der Waals surface area contributed by atoms with Gasteiger partial charge in [0.05, 0.1) is 6.04 Å². The lowest BCUT2D eigenvalue weighted by Crippen LogP contribution is -2.44. The van der Waals surface area contributed by atoms with Crippen molar-refractivity contribution in [2.24, 2.45) is 0 Å². The van der Waals surface area contributed by atoms with E-state index < -0.39 is 0 Å². The van der Waals surface area contributed by atoms with Gasteiger partial charge in [0.2, 0.25) is 0 Å². The predicted octanol–water partition coefficient (Wildman–Crippen LogP) is 3.94. The summed E-state index contributed by atoms with van der Waals surface area (Å²) in [5.74, 6) is 1.30. The summed E-state index contributed by atoms with van der Waals surface area (Å²) >= 11 is 0. The number of nitrogens with zero attached hydrogens (tertiary/aromatic N) is 2. The summed E-state index contributed by atoms with van der Waals surface area (Å²) in [6.07, 6.45) is 9.70. The second-order valence-corrected chi connectivity index (χ2v) is 7.76. The summed E-state index contributed by atoms with van der Waals surface area (Å²) in [6, 6.07) is 5.31. The van der Waals surface area contributed by atoms with E-state index in [1.54, 1.807) is 12.4 Å². The van der Waals surface area contributed by atoms with Gasteiger partial charge >= 0.3 is 6.03 Å². The van der Waals surface area contributed by atoms with Gasteiger partial charge < -0.3 is 14.6 Å². The fraction of sp³-hybridized carbons (Fsp3) is 0.550. The van der Waals surface area contributed by atoms with Gasteiger partial charge in [-0.05, 0) is 43.4 Å². The molecule has 2 aromatic rings. The lowest BCUT2D eigenvalue weighted by Gasteiger charge is -2.32. The number of ether oxygens (including phenoxy) is 1. The van der Waals surface area contributed by atoms with Crippen LogP contribution in [-0.4, -0.2) is 28.8 Å². The zero-order valence-electron chi connectivity index (χ0n) is 15.6. The van der Waals surface area contributed by atoms with Gasteiger partial charge in [0.25, 0.3) is 0 Å². The predicted molar refractivity (Wildman–Crippen MR) is 100 cm³/mol. The molecule has 1 saturated heterocycles. The maximum absolute atomic E-state index is 12.5. The summed E-state index contributed by atoms with van der Waals surface area (Å²) in [5.41, 5.74) is 1.06. The standard InChI is InChI=1S/C20H26N4O3/c1-20(8-2-3-9-20)16-13-17(24-27-16)23-19(25)22-15-5-4-12-26-18(15)14-6-10-21-11-7-14/h6-7,10-11,13,15,18H,2-5,8-9,12H2,1H3,(H2,22,23,24,25)/t15-,18+/m0/s1. The molecule has 144 valence electrons. The minimum atomic E-state index is -0.291. The number of rotatable bonds is 4. The average molecular weight is 370 g/mol. The molecule has 0 radical (unpaired) electrons. The number of nitrogens with one attached hydrogen (secondary N) is 2. The van der Waals surface area contributed by atoms with Crippen molar-refractivity contribution in [1.29, 1.82) is 0 Å². The van der Waals surface area contributed by atoms with E-state index in [0.717, 1.165) is 37.0 Å². The largest absolute Gasteiger partial charge is 0.371 e. The molecule has 0 spiro atoms. The Balaban J connectivity index is 1.39. The fourth-order valence-corrected chi connectivity index (χ4v) is 4.15. The minimum Gasteiger partial charge on any atom is -0.371 e. The molecule has 0 unspecified atom stereocenters. The summed E-state index contributed by atoms with van der Waals surface area (Å²) < 4.78 is 11.4. The first-order valence-corrected chi connectivity index (χ1v) is 9.70. The van der Waals surface area contributed by atoms with Crippen LogP contribution in [0.25, 0.3) is 0 Å². The first kappa shape index (κ1) is 18.0. The van der Waals surface area contributed by atoms with Gasteiger partial charge in [0, 0.05) is 30.5 Å². The minimum absolute atomic E-state index is 0.0348. The third-order valence-corrected chi connectivity index (χ3v) is 5.73. The summed E-state index contributed by atoms with van der Waals surface area (Å²) in [5, 5.41) is 9.86. The Bertz CT molecular complexity index is 771. The number of amides is 2. The number of hydrogen-bond acceptors (Lipinski definition) is 5. The molecule has 4 rings (SSSR count). The van der Waals surface area contributed by atoms with Crippen molar-refractivity contribution in [3.63, 3.8) is 0 Å². The van der Waals surface area contributed by atoms with Gasteiger partial charge in [-0.2, -0.15) is 0 Å². The van der Waals surface area contributed by atoms with Crippen molar-refractivity contribution in [3.8, 4) is 0 Å². The smallest absolute Gasteiger partial charge is 0.320 e. The van der Waals surface area contributed by atoms with Gasteiger partial charge in [-0.1, -0.05) is 24.9 Å². The van der Waals surface area contributed by atoms with Crippen LogP contribution in [0, 0.1) is 0 Å². The van der Waals surface area contributed by atoms with E-state index in [-0.39, 0.29) is 23.6 Å². The molecule has 1 aliphatic heterocycles. The van der Waals surface area contributed by atoms with Crippen LogP contribution in [-0.2, 0) is 10.2 Å². The first-order chi connectivity index (χ1) is 13.1. The molecule has 2 N–H and O–H groups in total. The third-order valence-electron chi connectivity index (χ3n) is 5.73. The summed E-state index contributed by atoms with van der Waals surface area (Å²) in [6.45, 7) is 2.89. The highest BCUT2D eigenvalue weighted by Gasteiger charge is 2.35. The van der Waals surface area contributed by atoms with E-state index in [1.807, 2.05) is 18.2 Å². The van der Waals surface area contributed by atoms with Crippen molar-refractivity contribution in [1.82, 2.24) is 15.5 Å².